The SMILES string of the molecule is [2H]C([2H])([2H])n1nnc(B2OC(C)(C)C(C)(C)O2)c1F. The van der Waals surface area contributed by atoms with Crippen molar-refractivity contribution in [1.82, 2.24) is 15.0 Å². The Kier molecular flexibility index (Phi) is 1.68. The van der Waals surface area contributed by atoms with Crippen molar-refractivity contribution in [3.63, 3.8) is 0 Å². The molecule has 1 aliphatic heterocycles. The summed E-state index contributed by atoms with van der Waals surface area (Å²) in [7, 11) is -1.07. The lowest BCUT2D eigenvalue weighted by molar-refractivity contribution is 0.00578. The molecule has 88 valence electrons. The molecule has 2 rings (SSSR count). The van der Waals surface area contributed by atoms with Gasteiger partial charge in [0.05, 0.1) is 11.2 Å². The molecule has 7 heteroatoms. The summed E-state index contributed by atoms with van der Waals surface area (Å²) in [6.07, 6.45) is 0. The van der Waals surface area contributed by atoms with Gasteiger partial charge in [0.2, 0.25) is 5.95 Å². The molecule has 0 radical (unpaired) electrons. The van der Waals surface area contributed by atoms with Crippen molar-refractivity contribution in [1.29, 1.82) is 0 Å². The summed E-state index contributed by atoms with van der Waals surface area (Å²) in [5.74, 6) is -1.07. The Bertz CT molecular complexity index is 487. The molecule has 0 unspecified atom stereocenters. The fraction of sp³-hybridized carbons (Fsp3) is 0.778. The van der Waals surface area contributed by atoms with Gasteiger partial charge >= 0.3 is 7.12 Å². The zero-order valence-corrected chi connectivity index (χ0v) is 9.61. The van der Waals surface area contributed by atoms with Crippen molar-refractivity contribution in [3.05, 3.63) is 5.95 Å². The lowest BCUT2D eigenvalue weighted by Crippen LogP contribution is -2.41. The van der Waals surface area contributed by atoms with E-state index in [9.17, 15) is 4.39 Å². The highest BCUT2D eigenvalue weighted by Gasteiger charge is 2.53. The average Bonchev–Trinajstić information content (AvgIpc) is 2.65. The Morgan fingerprint density at radius 3 is 2.31 bits per heavy atom. The van der Waals surface area contributed by atoms with Crippen LogP contribution in [0.5, 0.6) is 0 Å². The van der Waals surface area contributed by atoms with Gasteiger partial charge in [0.1, 0.15) is 0 Å². The second kappa shape index (κ2) is 3.27. The number of hydrogen-bond acceptors (Lipinski definition) is 4. The summed E-state index contributed by atoms with van der Waals surface area (Å²) in [6.45, 7) is 4.50. The molecule has 0 aromatic carbocycles. The first-order chi connectivity index (χ1) is 8.46. The van der Waals surface area contributed by atoms with Gasteiger partial charge in [0.15, 0.2) is 5.59 Å². The fourth-order valence-corrected chi connectivity index (χ4v) is 1.38. The Labute approximate surface area is 98.3 Å². The van der Waals surface area contributed by atoms with E-state index in [-0.39, 0.29) is 10.3 Å². The van der Waals surface area contributed by atoms with Gasteiger partial charge in [-0.15, -0.1) is 5.10 Å². The predicted octanol–water partition coefficient (Wildman–Crippen LogP) is 0.253. The number of aryl methyl sites for hydroxylation is 1. The summed E-state index contributed by atoms with van der Waals surface area (Å²) in [6, 6.07) is 0. The van der Waals surface area contributed by atoms with E-state index in [0.717, 1.165) is 0 Å². The molecule has 0 spiro atoms. The molecule has 0 N–H and O–H groups in total. The number of rotatable bonds is 1. The first kappa shape index (κ1) is 8.19. The van der Waals surface area contributed by atoms with Crippen molar-refractivity contribution < 1.29 is 17.8 Å². The Hall–Kier alpha value is -0.945. The highest BCUT2D eigenvalue weighted by molar-refractivity contribution is 6.61. The summed E-state index contributed by atoms with van der Waals surface area (Å²) < 4.78 is 46.8. The Balaban J connectivity index is 2.34. The second-order valence-corrected chi connectivity index (χ2v) is 4.77. The molecule has 2 heterocycles. The van der Waals surface area contributed by atoms with Gasteiger partial charge < -0.3 is 9.31 Å². The third-order valence-electron chi connectivity index (χ3n) is 3.12. The third-order valence-corrected chi connectivity index (χ3v) is 3.12. The third kappa shape index (κ3) is 1.54. The van der Waals surface area contributed by atoms with Crippen LogP contribution < -0.4 is 5.59 Å². The molecule has 5 nitrogen and oxygen atoms in total. The smallest absolute Gasteiger partial charge is 0.398 e. The maximum absolute atomic E-state index is 14.0. The largest absolute Gasteiger partial charge is 0.521 e. The number of halogens is 1. The average molecular weight is 230 g/mol. The van der Waals surface area contributed by atoms with Gasteiger partial charge in [-0.05, 0) is 27.7 Å². The van der Waals surface area contributed by atoms with E-state index in [1.54, 1.807) is 27.7 Å². The predicted molar refractivity (Wildman–Crippen MR) is 56.7 cm³/mol. The van der Waals surface area contributed by atoms with E-state index in [0.29, 0.717) is 0 Å². The van der Waals surface area contributed by atoms with E-state index in [1.807, 2.05) is 0 Å². The van der Waals surface area contributed by atoms with Crippen molar-refractivity contribution >= 4 is 12.7 Å². The molecule has 16 heavy (non-hydrogen) atoms. The summed E-state index contributed by atoms with van der Waals surface area (Å²) in [5.41, 5.74) is -1.57. The molecule has 1 saturated heterocycles. The van der Waals surface area contributed by atoms with Crippen molar-refractivity contribution in [2.45, 2.75) is 38.9 Å². The van der Waals surface area contributed by atoms with E-state index in [1.165, 1.54) is 0 Å². The molecular weight excluding hydrogens is 212 g/mol. The maximum atomic E-state index is 14.0. The van der Waals surface area contributed by atoms with Crippen LogP contribution in [0.1, 0.15) is 31.8 Å². The topological polar surface area (TPSA) is 49.2 Å². The van der Waals surface area contributed by atoms with Crippen LogP contribution in [-0.4, -0.2) is 33.3 Å². The van der Waals surface area contributed by atoms with Gasteiger partial charge in [0, 0.05) is 11.1 Å². The summed E-state index contributed by atoms with van der Waals surface area (Å²) in [5, 5.41) is 6.82. The standard InChI is InChI=1S/C9H15BFN3O2/c1-8(2)9(3,4)16-10(15-8)6-7(11)14(5)13-12-6/h1-5H3/i5D3. The highest BCUT2D eigenvalue weighted by atomic mass is 19.1. The van der Waals surface area contributed by atoms with Crippen molar-refractivity contribution in [2.75, 3.05) is 0 Å². The first-order valence-corrected chi connectivity index (χ1v) is 4.93. The van der Waals surface area contributed by atoms with Gasteiger partial charge in [-0.1, -0.05) is 5.21 Å². The quantitative estimate of drug-likeness (QED) is 0.649. The van der Waals surface area contributed by atoms with Crippen LogP contribution in [0.4, 0.5) is 4.39 Å². The van der Waals surface area contributed by atoms with Crippen LogP contribution in [0.2, 0.25) is 0 Å². The molecule has 0 amide bonds. The lowest BCUT2D eigenvalue weighted by atomic mass is 9.85. The Morgan fingerprint density at radius 1 is 1.31 bits per heavy atom. The molecule has 1 fully saturated rings. The number of hydrogen-bond donors (Lipinski definition) is 0. The zero-order chi connectivity index (χ0) is 14.6. The first-order valence-electron chi connectivity index (χ1n) is 6.43. The van der Waals surface area contributed by atoms with Gasteiger partial charge in [-0.3, -0.25) is 0 Å². The Morgan fingerprint density at radius 2 is 1.88 bits per heavy atom. The second-order valence-electron chi connectivity index (χ2n) is 4.77. The molecule has 1 aliphatic rings. The maximum Gasteiger partial charge on any atom is 0.521 e. The van der Waals surface area contributed by atoms with Crippen LogP contribution in [0.3, 0.4) is 0 Å². The number of nitrogens with zero attached hydrogens (tertiary/aromatic N) is 3. The van der Waals surface area contributed by atoms with E-state index in [4.69, 9.17) is 13.4 Å². The molecule has 0 saturated carbocycles. The summed E-state index contributed by atoms with van der Waals surface area (Å²) in [4.78, 5) is 0. The molecule has 0 atom stereocenters. The lowest BCUT2D eigenvalue weighted by Gasteiger charge is -2.32. The van der Waals surface area contributed by atoms with Crippen LogP contribution in [0.15, 0.2) is 0 Å². The minimum atomic E-state index is -2.72. The van der Waals surface area contributed by atoms with Crippen LogP contribution >= 0.6 is 0 Å². The normalized spacial score (nSPS) is 26.3. The van der Waals surface area contributed by atoms with Crippen molar-refractivity contribution in [2.24, 2.45) is 6.98 Å². The monoisotopic (exact) mass is 230 g/mol. The fourth-order valence-electron chi connectivity index (χ4n) is 1.38. The molecule has 1 aromatic rings. The van der Waals surface area contributed by atoms with Crippen LogP contribution in [-0.2, 0) is 16.3 Å². The zero-order valence-electron chi connectivity index (χ0n) is 12.6. The molecule has 1 aromatic heterocycles. The number of aromatic nitrogens is 3. The van der Waals surface area contributed by atoms with Crippen LogP contribution in [0.25, 0.3) is 0 Å². The van der Waals surface area contributed by atoms with Crippen LogP contribution in [0, 0.1) is 5.95 Å². The minimum Gasteiger partial charge on any atom is -0.398 e. The van der Waals surface area contributed by atoms with Gasteiger partial charge in [-0.25, -0.2) is 4.68 Å². The van der Waals surface area contributed by atoms with E-state index in [2.05, 4.69) is 10.3 Å². The highest BCUT2D eigenvalue weighted by Crippen LogP contribution is 2.36. The van der Waals surface area contributed by atoms with E-state index >= 15 is 0 Å². The minimum absolute atomic E-state index is 0.243. The molecule has 0 bridgehead atoms. The van der Waals surface area contributed by atoms with Gasteiger partial charge in [-0.2, -0.15) is 4.39 Å². The van der Waals surface area contributed by atoms with Gasteiger partial charge in [0.25, 0.3) is 0 Å². The summed E-state index contributed by atoms with van der Waals surface area (Å²) >= 11 is 0. The molecule has 0 aliphatic carbocycles. The van der Waals surface area contributed by atoms with Crippen molar-refractivity contribution in [3.8, 4) is 0 Å². The molecular formula is C9H15BFN3O2. The van der Waals surface area contributed by atoms with E-state index < -0.39 is 31.2 Å².